The van der Waals surface area contributed by atoms with Gasteiger partial charge in [-0.15, -0.1) is 0 Å². The second kappa shape index (κ2) is 10.5. The number of pyridine rings is 1. The number of nitrogens with zero attached hydrogens (tertiary/aromatic N) is 1. The van der Waals surface area contributed by atoms with E-state index < -0.39 is 5.97 Å². The maximum Gasteiger partial charge on any atom is 0.303 e. The van der Waals surface area contributed by atoms with Crippen molar-refractivity contribution in [1.29, 1.82) is 0 Å². The Morgan fingerprint density at radius 1 is 1.47 bits per heavy atom. The molecule has 1 aromatic rings. The van der Waals surface area contributed by atoms with Gasteiger partial charge in [-0.05, 0) is 29.3 Å². The van der Waals surface area contributed by atoms with Gasteiger partial charge in [0, 0.05) is 17.9 Å². The number of aliphatic carboxylic acids is 1. The van der Waals surface area contributed by atoms with Crippen molar-refractivity contribution in [2.45, 2.75) is 43.9 Å². The van der Waals surface area contributed by atoms with E-state index in [1.54, 1.807) is 27.8 Å². The summed E-state index contributed by atoms with van der Waals surface area (Å²) in [5.74, 6) is -0.731. The maximum absolute atomic E-state index is 10.3. The van der Waals surface area contributed by atoms with Crippen LogP contribution in [0.4, 0.5) is 0 Å². The molecule has 1 unspecified atom stereocenters. The Labute approximate surface area is 111 Å². The average Bonchev–Trinajstić information content (AvgIpc) is 2.37. The minimum atomic E-state index is -0.731. The summed E-state index contributed by atoms with van der Waals surface area (Å²) in [5.41, 5.74) is 0. The number of carbonyl (C=O) groups is 1. The summed E-state index contributed by atoms with van der Waals surface area (Å²) in [6.45, 7) is 6.03. The molecule has 1 rings (SSSR count). The highest BCUT2D eigenvalue weighted by atomic mass is 33.1. The van der Waals surface area contributed by atoms with Crippen LogP contribution in [0.5, 0.6) is 0 Å². The van der Waals surface area contributed by atoms with E-state index in [0.717, 1.165) is 5.03 Å². The molecule has 0 saturated carbocycles. The molecule has 0 amide bonds. The Balaban J connectivity index is 0.00000121. The minimum Gasteiger partial charge on any atom is -0.481 e. The van der Waals surface area contributed by atoms with E-state index in [1.807, 2.05) is 39.0 Å². The first-order chi connectivity index (χ1) is 8.18. The van der Waals surface area contributed by atoms with Gasteiger partial charge in [0.2, 0.25) is 0 Å². The van der Waals surface area contributed by atoms with Gasteiger partial charge in [0.15, 0.2) is 0 Å². The van der Waals surface area contributed by atoms with Gasteiger partial charge in [-0.25, -0.2) is 4.98 Å². The smallest absolute Gasteiger partial charge is 0.303 e. The van der Waals surface area contributed by atoms with E-state index in [4.69, 9.17) is 5.11 Å². The molecule has 0 aliphatic heterocycles. The lowest BCUT2D eigenvalue weighted by atomic mass is 10.2. The number of carboxylic acids is 1. The molecule has 1 aromatic heterocycles. The third-order valence-electron chi connectivity index (χ3n) is 1.70. The van der Waals surface area contributed by atoms with Crippen LogP contribution in [0.1, 0.15) is 33.6 Å². The van der Waals surface area contributed by atoms with Crippen molar-refractivity contribution < 1.29 is 9.90 Å². The molecule has 3 nitrogen and oxygen atoms in total. The van der Waals surface area contributed by atoms with Crippen molar-refractivity contribution in [2.75, 3.05) is 0 Å². The van der Waals surface area contributed by atoms with Crippen LogP contribution < -0.4 is 0 Å². The van der Waals surface area contributed by atoms with Gasteiger partial charge in [-0.2, -0.15) is 0 Å². The number of carboxylic acid groups (broad SMARTS) is 1. The Morgan fingerprint density at radius 2 is 2.18 bits per heavy atom. The molecule has 0 fully saturated rings. The highest BCUT2D eigenvalue weighted by Gasteiger charge is 2.07. The predicted octanol–water partition coefficient (Wildman–Crippen LogP) is 4.10. The van der Waals surface area contributed by atoms with Crippen molar-refractivity contribution in [3.8, 4) is 0 Å². The average molecular weight is 273 g/mol. The Kier molecular flexibility index (Phi) is 10.1. The zero-order chi connectivity index (χ0) is 13.1. The standard InChI is InChI=1S/C10H13NO2S2.C2H6/c1-8(5-6-10(12)13)14-15-9-4-2-3-7-11-9;1-2/h2-4,7-8H,5-6H2,1H3,(H,12,13);1-2H3. The molecule has 0 aliphatic carbocycles. The van der Waals surface area contributed by atoms with E-state index in [1.165, 1.54) is 0 Å². The molecule has 0 aromatic carbocycles. The van der Waals surface area contributed by atoms with Crippen LogP contribution in [-0.4, -0.2) is 21.3 Å². The summed E-state index contributed by atoms with van der Waals surface area (Å²) in [7, 11) is 3.26. The molecule has 1 atom stereocenters. The van der Waals surface area contributed by atoms with Gasteiger partial charge in [-0.1, -0.05) is 37.6 Å². The summed E-state index contributed by atoms with van der Waals surface area (Å²) in [5, 5.41) is 9.81. The molecular formula is C12H19NO2S2. The van der Waals surface area contributed by atoms with Gasteiger partial charge >= 0.3 is 5.97 Å². The molecule has 0 radical (unpaired) electrons. The molecule has 5 heteroatoms. The topological polar surface area (TPSA) is 50.2 Å². The Morgan fingerprint density at radius 3 is 2.71 bits per heavy atom. The van der Waals surface area contributed by atoms with E-state index in [2.05, 4.69) is 4.98 Å². The zero-order valence-corrected chi connectivity index (χ0v) is 12.1. The van der Waals surface area contributed by atoms with E-state index in [0.29, 0.717) is 11.7 Å². The molecule has 1 N–H and O–H groups in total. The fourth-order valence-electron chi connectivity index (χ4n) is 0.903. The van der Waals surface area contributed by atoms with Gasteiger partial charge in [0.05, 0.1) is 0 Å². The maximum atomic E-state index is 10.3. The van der Waals surface area contributed by atoms with Crippen molar-refractivity contribution in [2.24, 2.45) is 0 Å². The fourth-order valence-corrected chi connectivity index (χ4v) is 2.99. The number of aromatic nitrogens is 1. The van der Waals surface area contributed by atoms with Crippen LogP contribution in [0, 0.1) is 0 Å². The van der Waals surface area contributed by atoms with Crippen molar-refractivity contribution in [3.05, 3.63) is 24.4 Å². The van der Waals surface area contributed by atoms with Crippen LogP contribution in [0.15, 0.2) is 29.4 Å². The number of hydrogen-bond acceptors (Lipinski definition) is 4. The summed E-state index contributed by atoms with van der Waals surface area (Å²) in [6, 6.07) is 5.77. The Hall–Kier alpha value is -0.680. The molecule has 0 aliphatic rings. The van der Waals surface area contributed by atoms with Crippen LogP contribution in [-0.2, 0) is 4.79 Å². The summed E-state index contributed by atoms with van der Waals surface area (Å²) in [4.78, 5) is 14.5. The molecule has 96 valence electrons. The second-order valence-corrected chi connectivity index (χ2v) is 5.75. The van der Waals surface area contributed by atoms with Crippen molar-refractivity contribution >= 4 is 27.6 Å². The molecule has 1 heterocycles. The van der Waals surface area contributed by atoms with Crippen LogP contribution in [0.2, 0.25) is 0 Å². The second-order valence-electron chi connectivity index (χ2n) is 3.09. The molecule has 0 spiro atoms. The van der Waals surface area contributed by atoms with E-state index in [-0.39, 0.29) is 6.42 Å². The Bertz CT molecular complexity index is 307. The number of hydrogen-bond donors (Lipinski definition) is 1. The third-order valence-corrected chi connectivity index (χ3v) is 4.56. The summed E-state index contributed by atoms with van der Waals surface area (Å²) < 4.78 is 0. The lowest BCUT2D eigenvalue weighted by Gasteiger charge is -2.07. The molecule has 0 saturated heterocycles. The molecule has 17 heavy (non-hydrogen) atoms. The normalized spacial score (nSPS) is 11.2. The monoisotopic (exact) mass is 273 g/mol. The van der Waals surface area contributed by atoms with Crippen molar-refractivity contribution in [1.82, 2.24) is 4.98 Å². The third kappa shape index (κ3) is 9.06. The van der Waals surface area contributed by atoms with Gasteiger partial charge in [-0.3, -0.25) is 4.79 Å². The first kappa shape index (κ1) is 16.3. The van der Waals surface area contributed by atoms with Crippen LogP contribution in [0.3, 0.4) is 0 Å². The quantitative estimate of drug-likeness (QED) is 0.791. The van der Waals surface area contributed by atoms with E-state index in [9.17, 15) is 4.79 Å². The predicted molar refractivity (Wildman–Crippen MR) is 75.4 cm³/mol. The first-order valence-electron chi connectivity index (χ1n) is 5.64. The largest absolute Gasteiger partial charge is 0.481 e. The highest BCUT2D eigenvalue weighted by molar-refractivity contribution is 8.76. The summed E-state index contributed by atoms with van der Waals surface area (Å²) in [6.07, 6.45) is 2.68. The molecular weight excluding hydrogens is 254 g/mol. The first-order valence-corrected chi connectivity index (χ1v) is 7.86. The van der Waals surface area contributed by atoms with Crippen LogP contribution in [0.25, 0.3) is 0 Å². The lowest BCUT2D eigenvalue weighted by Crippen LogP contribution is -2.00. The highest BCUT2D eigenvalue weighted by Crippen LogP contribution is 2.34. The van der Waals surface area contributed by atoms with Gasteiger partial charge < -0.3 is 5.11 Å². The number of rotatable bonds is 6. The van der Waals surface area contributed by atoms with Gasteiger partial charge in [0.25, 0.3) is 0 Å². The summed E-state index contributed by atoms with van der Waals surface area (Å²) >= 11 is 0. The lowest BCUT2D eigenvalue weighted by molar-refractivity contribution is -0.137. The minimum absolute atomic E-state index is 0.233. The van der Waals surface area contributed by atoms with Crippen LogP contribution >= 0.6 is 21.6 Å². The molecule has 0 bridgehead atoms. The SMILES string of the molecule is CC.CC(CCC(=O)O)SSc1ccccn1. The zero-order valence-electron chi connectivity index (χ0n) is 10.4. The fraction of sp³-hybridized carbons (Fsp3) is 0.500. The van der Waals surface area contributed by atoms with Crippen molar-refractivity contribution in [3.63, 3.8) is 0 Å². The van der Waals surface area contributed by atoms with E-state index >= 15 is 0 Å². The van der Waals surface area contributed by atoms with Gasteiger partial charge in [0.1, 0.15) is 5.03 Å².